The lowest BCUT2D eigenvalue weighted by Gasteiger charge is -2.23. The fraction of sp³-hybridized carbons (Fsp3) is 0.0204. The number of hydrogen-bond donors (Lipinski definition) is 1. The summed E-state index contributed by atoms with van der Waals surface area (Å²) < 4.78 is 12.9. The van der Waals surface area contributed by atoms with Gasteiger partial charge in [-0.3, -0.25) is 0 Å². The molecule has 1 unspecified atom stereocenters. The van der Waals surface area contributed by atoms with Crippen LogP contribution in [0.3, 0.4) is 0 Å². The summed E-state index contributed by atoms with van der Waals surface area (Å²) in [5.41, 5.74) is 10.9. The lowest BCUT2D eigenvalue weighted by molar-refractivity contribution is 0.667. The van der Waals surface area contributed by atoms with Gasteiger partial charge in [0.15, 0.2) is 6.17 Å². The van der Waals surface area contributed by atoms with Crippen molar-refractivity contribution in [1.82, 2.24) is 5.32 Å². The Balaban J connectivity index is 1.10. The summed E-state index contributed by atoms with van der Waals surface area (Å²) in [7, 11) is 0. The number of aliphatic imine (C=N–C) groups is 2. The van der Waals surface area contributed by atoms with Gasteiger partial charge >= 0.3 is 0 Å². The summed E-state index contributed by atoms with van der Waals surface area (Å²) in [6.45, 7) is 0. The van der Waals surface area contributed by atoms with Crippen molar-refractivity contribution >= 4 is 66.3 Å². The maximum Gasteiger partial charge on any atom is 0.170 e. The highest BCUT2D eigenvalue weighted by molar-refractivity contribution is 6.21. The van der Waals surface area contributed by atoms with E-state index in [1.165, 1.54) is 5.56 Å². The number of fused-ring (bicyclic) bond motifs is 7. The number of para-hydroxylation sites is 2. The summed E-state index contributed by atoms with van der Waals surface area (Å²) in [6.07, 6.45) is -0.506. The molecule has 0 radical (unpaired) electrons. The molecule has 1 aliphatic heterocycles. The van der Waals surface area contributed by atoms with Crippen LogP contribution in [0.2, 0.25) is 0 Å². The largest absolute Gasteiger partial charge is 0.456 e. The Kier molecular flexibility index (Phi) is 6.85. The van der Waals surface area contributed by atoms with Crippen molar-refractivity contribution in [2.75, 3.05) is 0 Å². The van der Waals surface area contributed by atoms with Crippen molar-refractivity contribution < 1.29 is 8.83 Å². The topological polar surface area (TPSA) is 63.0 Å². The molecule has 1 N–H and O–H groups in total. The average Bonchev–Trinajstić information content (AvgIpc) is 3.82. The minimum atomic E-state index is -0.506. The smallest absolute Gasteiger partial charge is 0.170 e. The number of benzene rings is 8. The van der Waals surface area contributed by atoms with Gasteiger partial charge in [0.2, 0.25) is 0 Å². The molecule has 2 aromatic heterocycles. The first-order chi connectivity index (χ1) is 26.8. The molecule has 0 saturated carbocycles. The average molecular weight is 694 g/mol. The highest BCUT2D eigenvalue weighted by atomic mass is 16.3. The lowest BCUT2D eigenvalue weighted by atomic mass is 9.91. The Labute approximate surface area is 310 Å². The predicted octanol–water partition coefficient (Wildman–Crippen LogP) is 12.5. The zero-order valence-electron chi connectivity index (χ0n) is 29.0. The predicted molar refractivity (Wildman–Crippen MR) is 221 cm³/mol. The molecule has 254 valence electrons. The van der Waals surface area contributed by atoms with Crippen LogP contribution in [0.1, 0.15) is 22.9 Å². The van der Waals surface area contributed by atoms with Crippen LogP contribution in [-0.2, 0) is 0 Å². The molecule has 0 spiro atoms. The molecule has 5 heteroatoms. The van der Waals surface area contributed by atoms with Crippen molar-refractivity contribution in [2.45, 2.75) is 6.17 Å². The molecule has 8 aromatic carbocycles. The molecule has 1 aliphatic rings. The van der Waals surface area contributed by atoms with Crippen molar-refractivity contribution in [2.24, 2.45) is 9.98 Å². The first-order valence-electron chi connectivity index (χ1n) is 18.2. The van der Waals surface area contributed by atoms with Crippen LogP contribution < -0.4 is 5.32 Å². The highest BCUT2D eigenvalue weighted by Gasteiger charge is 2.25. The van der Waals surface area contributed by atoms with E-state index in [0.717, 1.165) is 99.7 Å². The lowest BCUT2D eigenvalue weighted by Crippen LogP contribution is -2.36. The van der Waals surface area contributed by atoms with E-state index in [4.69, 9.17) is 18.8 Å². The summed E-state index contributed by atoms with van der Waals surface area (Å²) >= 11 is 0. The van der Waals surface area contributed by atoms with E-state index in [2.05, 4.69) is 139 Å². The summed E-state index contributed by atoms with van der Waals surface area (Å²) in [5, 5.41) is 10.1. The number of hydrogen-bond acceptors (Lipinski definition) is 5. The van der Waals surface area contributed by atoms with Crippen LogP contribution in [0.4, 0.5) is 0 Å². The molecule has 5 nitrogen and oxygen atoms in total. The summed E-state index contributed by atoms with van der Waals surface area (Å²) in [5.74, 6) is 1.48. The van der Waals surface area contributed by atoms with Gasteiger partial charge in [-0.1, -0.05) is 146 Å². The fourth-order valence-electron chi connectivity index (χ4n) is 8.05. The quantitative estimate of drug-likeness (QED) is 0.195. The third-order valence-corrected chi connectivity index (χ3v) is 10.6. The van der Waals surface area contributed by atoms with Crippen molar-refractivity contribution in [3.05, 3.63) is 193 Å². The molecule has 10 aromatic rings. The Morgan fingerprint density at radius 2 is 1.04 bits per heavy atom. The third kappa shape index (κ3) is 4.86. The van der Waals surface area contributed by atoms with Gasteiger partial charge in [-0.2, -0.15) is 0 Å². The van der Waals surface area contributed by atoms with E-state index < -0.39 is 6.17 Å². The number of nitrogens with zero attached hydrogens (tertiary/aromatic N) is 2. The van der Waals surface area contributed by atoms with Gasteiger partial charge in [0.1, 0.15) is 34.0 Å². The van der Waals surface area contributed by atoms with Crippen LogP contribution in [0.15, 0.2) is 195 Å². The Hall–Kier alpha value is -7.24. The van der Waals surface area contributed by atoms with E-state index in [1.807, 2.05) is 42.5 Å². The van der Waals surface area contributed by atoms with Gasteiger partial charge in [-0.25, -0.2) is 9.98 Å². The fourth-order valence-corrected chi connectivity index (χ4v) is 8.05. The van der Waals surface area contributed by atoms with Crippen LogP contribution in [0.25, 0.3) is 76.9 Å². The normalized spacial score (nSPS) is 14.5. The molecule has 0 amide bonds. The van der Waals surface area contributed by atoms with Crippen LogP contribution >= 0.6 is 0 Å². The van der Waals surface area contributed by atoms with E-state index in [-0.39, 0.29) is 0 Å². The van der Waals surface area contributed by atoms with Crippen molar-refractivity contribution in [3.8, 4) is 22.3 Å². The van der Waals surface area contributed by atoms with Crippen molar-refractivity contribution in [3.63, 3.8) is 0 Å². The van der Waals surface area contributed by atoms with Crippen LogP contribution in [0.5, 0.6) is 0 Å². The molecule has 3 heterocycles. The van der Waals surface area contributed by atoms with Gasteiger partial charge in [-0.15, -0.1) is 0 Å². The van der Waals surface area contributed by atoms with Gasteiger partial charge in [0.25, 0.3) is 0 Å². The Morgan fingerprint density at radius 1 is 0.389 bits per heavy atom. The zero-order valence-corrected chi connectivity index (χ0v) is 29.0. The molecule has 54 heavy (non-hydrogen) atoms. The second-order valence-corrected chi connectivity index (χ2v) is 13.7. The second kappa shape index (κ2) is 12.2. The Bertz CT molecular complexity index is 3140. The minimum Gasteiger partial charge on any atom is -0.456 e. The summed E-state index contributed by atoms with van der Waals surface area (Å²) in [4.78, 5) is 10.6. The zero-order chi connectivity index (χ0) is 35.6. The van der Waals surface area contributed by atoms with Crippen LogP contribution in [-0.4, -0.2) is 11.7 Å². The minimum absolute atomic E-state index is 0.506. The second-order valence-electron chi connectivity index (χ2n) is 13.7. The van der Waals surface area contributed by atoms with E-state index in [1.54, 1.807) is 0 Å². The SMILES string of the molecule is c1ccc(C2=NC(c3ccc(-c4cccc5oc6ccc(-c7ccccc7)cc6c45)c4ccccc34)N=C(c3cccc4c3oc3ccccc34)N2)cc1. The van der Waals surface area contributed by atoms with E-state index in [9.17, 15) is 0 Å². The van der Waals surface area contributed by atoms with Gasteiger partial charge < -0.3 is 14.2 Å². The Morgan fingerprint density at radius 3 is 1.89 bits per heavy atom. The number of amidine groups is 2. The van der Waals surface area contributed by atoms with Gasteiger partial charge in [0.05, 0.1) is 5.56 Å². The molecule has 0 saturated heterocycles. The third-order valence-electron chi connectivity index (χ3n) is 10.6. The number of rotatable bonds is 5. The van der Waals surface area contributed by atoms with Crippen LogP contribution in [0, 0.1) is 0 Å². The molecule has 1 atom stereocenters. The number of nitrogens with one attached hydrogen (secondary N) is 1. The van der Waals surface area contributed by atoms with Crippen molar-refractivity contribution in [1.29, 1.82) is 0 Å². The molecular weight excluding hydrogens is 663 g/mol. The summed E-state index contributed by atoms with van der Waals surface area (Å²) in [6, 6.07) is 61.0. The van der Waals surface area contributed by atoms with E-state index >= 15 is 0 Å². The molecule has 11 rings (SSSR count). The maximum absolute atomic E-state index is 6.48. The first kappa shape index (κ1) is 30.4. The molecule has 0 bridgehead atoms. The monoisotopic (exact) mass is 693 g/mol. The standard InChI is InChI=1S/C49H31N3O2/c1-3-13-30(14-4-1)32-25-28-43-41(29-32)45-37(20-12-24-44(45)53-43)35-26-27-39(34-18-8-7-17-33(34)35)48-50-47(31-15-5-2-6-16-31)51-49(52-48)40-22-11-21-38-36-19-9-10-23-42(36)54-46(38)40/h1-29,48H,(H,50,51,52). The van der Waals surface area contributed by atoms with Gasteiger partial charge in [0, 0.05) is 32.7 Å². The van der Waals surface area contributed by atoms with E-state index in [0.29, 0.717) is 0 Å². The van der Waals surface area contributed by atoms with Gasteiger partial charge in [-0.05, 0) is 63.4 Å². The molecule has 0 aliphatic carbocycles. The highest BCUT2D eigenvalue weighted by Crippen LogP contribution is 2.43. The first-order valence-corrected chi connectivity index (χ1v) is 18.2. The maximum atomic E-state index is 6.48. The molecular formula is C49H31N3O2. The number of furan rings is 2. The molecule has 0 fully saturated rings.